The van der Waals surface area contributed by atoms with Gasteiger partial charge in [-0.25, -0.2) is 9.59 Å². The fourth-order valence-corrected chi connectivity index (χ4v) is 5.95. The van der Waals surface area contributed by atoms with E-state index in [-0.39, 0.29) is 35.4 Å². The number of carbonyl (C=O) groups is 4. The number of nitrogens with one attached hydrogen (secondary N) is 1. The number of rotatable bonds is 8. The van der Waals surface area contributed by atoms with Crippen LogP contribution in [0.3, 0.4) is 0 Å². The van der Waals surface area contributed by atoms with Gasteiger partial charge in [-0.1, -0.05) is 6.92 Å². The molecule has 2 saturated heterocycles. The summed E-state index contributed by atoms with van der Waals surface area (Å²) in [4.78, 5) is 49.1. The van der Waals surface area contributed by atoms with Gasteiger partial charge in [0, 0.05) is 43.1 Å². The van der Waals surface area contributed by atoms with Crippen molar-refractivity contribution in [2.24, 2.45) is 11.8 Å². The van der Waals surface area contributed by atoms with Crippen molar-refractivity contribution in [2.45, 2.75) is 63.9 Å². The number of fused-ring (bicyclic) bond motifs is 1. The smallest absolute Gasteiger partial charge is 0.410 e. The largest absolute Gasteiger partial charge is 0.477 e. The van der Waals surface area contributed by atoms with E-state index in [1.54, 1.807) is 0 Å². The van der Waals surface area contributed by atoms with Gasteiger partial charge in [-0.15, -0.1) is 11.8 Å². The molecule has 3 aliphatic rings. The predicted molar refractivity (Wildman–Crippen MR) is 111 cm³/mol. The average Bonchev–Trinajstić information content (AvgIpc) is 3.20. The Bertz CT molecular complexity index is 830. The van der Waals surface area contributed by atoms with Gasteiger partial charge in [0.1, 0.15) is 5.70 Å². The number of esters is 1. The molecule has 0 bridgehead atoms. The lowest BCUT2D eigenvalue weighted by molar-refractivity contribution is -0.163. The molecule has 3 aliphatic heterocycles. The van der Waals surface area contributed by atoms with Gasteiger partial charge in [0.25, 0.3) is 0 Å². The number of alkyl carbamates (subject to hydrolysis) is 1. The maximum Gasteiger partial charge on any atom is 0.410 e. The zero-order chi connectivity index (χ0) is 23.7. The first-order chi connectivity index (χ1) is 15.0. The molecule has 0 spiro atoms. The molecule has 0 aromatic heterocycles. The van der Waals surface area contributed by atoms with Gasteiger partial charge in [0.15, 0.2) is 0 Å². The summed E-state index contributed by atoms with van der Waals surface area (Å²) in [5.74, 6) is -3.00. The van der Waals surface area contributed by atoms with Crippen molar-refractivity contribution < 1.29 is 43.6 Å². The Morgan fingerprint density at radius 1 is 1.31 bits per heavy atom. The van der Waals surface area contributed by atoms with Crippen LogP contribution in [-0.4, -0.2) is 82.0 Å². The van der Waals surface area contributed by atoms with Crippen LogP contribution >= 0.6 is 11.8 Å². The van der Waals surface area contributed by atoms with E-state index in [4.69, 9.17) is 14.2 Å². The monoisotopic (exact) mass is 472 g/mol. The third kappa shape index (κ3) is 4.71. The molecular weight excluding hydrogens is 444 g/mol. The molecule has 32 heavy (non-hydrogen) atoms. The van der Waals surface area contributed by atoms with E-state index in [1.165, 1.54) is 37.4 Å². The average molecular weight is 473 g/mol. The summed E-state index contributed by atoms with van der Waals surface area (Å²) in [5, 5.41) is 22.1. The number of carbonyl (C=O) groups excluding carboxylic acids is 3. The maximum absolute atomic E-state index is 12.5. The third-order valence-corrected chi connectivity index (χ3v) is 7.45. The van der Waals surface area contributed by atoms with Gasteiger partial charge in [0.2, 0.25) is 12.2 Å². The summed E-state index contributed by atoms with van der Waals surface area (Å²) >= 11 is 1.34. The Labute approximate surface area is 189 Å². The van der Waals surface area contributed by atoms with Crippen molar-refractivity contribution in [3.8, 4) is 0 Å². The Kier molecular flexibility index (Phi) is 7.36. The molecule has 0 aromatic rings. The highest BCUT2D eigenvalue weighted by Crippen LogP contribution is 2.52. The van der Waals surface area contributed by atoms with Gasteiger partial charge < -0.3 is 34.6 Å². The standard InChI is InChI=1S/C20H28N2O9S/c1-8-15-14(9(2)23)18(25)22(15)16(19(26)27)17(8)32-13-5-6-29-12(13)7-21-20(28)31-11(4)30-10(3)24/h8-9,11-15,23H,5-7H2,1-4H3,(H,21,28)(H,26,27)/t8-,9-,11?,12-,13-,14-,15?/m1/s1. The molecule has 3 heterocycles. The predicted octanol–water partition coefficient (Wildman–Crippen LogP) is 0.666. The first kappa shape index (κ1) is 24.3. The molecule has 178 valence electrons. The number of aliphatic hydroxyl groups is 1. The Morgan fingerprint density at radius 3 is 2.59 bits per heavy atom. The number of amides is 2. The minimum atomic E-state index is -1.18. The van der Waals surface area contributed by atoms with Crippen molar-refractivity contribution in [3.63, 3.8) is 0 Å². The summed E-state index contributed by atoms with van der Waals surface area (Å²) in [7, 11) is 0. The lowest BCUT2D eigenvalue weighted by atomic mass is 9.79. The van der Waals surface area contributed by atoms with E-state index in [9.17, 15) is 29.4 Å². The fourth-order valence-electron chi connectivity index (χ4n) is 4.43. The van der Waals surface area contributed by atoms with Crippen molar-refractivity contribution in [3.05, 3.63) is 10.6 Å². The van der Waals surface area contributed by atoms with Crippen LogP contribution in [0, 0.1) is 11.8 Å². The van der Waals surface area contributed by atoms with E-state index in [2.05, 4.69) is 5.32 Å². The molecular formula is C20H28N2O9S. The molecule has 0 saturated carbocycles. The number of aliphatic carboxylic acids is 1. The van der Waals surface area contributed by atoms with Crippen molar-refractivity contribution in [2.75, 3.05) is 13.2 Å². The summed E-state index contributed by atoms with van der Waals surface area (Å²) in [6.45, 7) is 6.57. The number of ether oxygens (including phenoxy) is 3. The highest BCUT2D eigenvalue weighted by atomic mass is 32.2. The summed E-state index contributed by atoms with van der Waals surface area (Å²) < 4.78 is 15.4. The number of hydrogen-bond acceptors (Lipinski definition) is 9. The molecule has 2 fully saturated rings. The summed E-state index contributed by atoms with van der Waals surface area (Å²) in [5.41, 5.74) is -0.0392. The zero-order valence-electron chi connectivity index (χ0n) is 18.3. The number of carboxylic acids is 1. The van der Waals surface area contributed by atoms with Crippen molar-refractivity contribution >= 4 is 35.7 Å². The van der Waals surface area contributed by atoms with E-state index >= 15 is 0 Å². The Balaban J connectivity index is 1.64. The second kappa shape index (κ2) is 9.67. The van der Waals surface area contributed by atoms with Crippen LogP contribution in [0.4, 0.5) is 4.79 Å². The van der Waals surface area contributed by atoms with Crippen LogP contribution in [0.2, 0.25) is 0 Å². The Hall–Kier alpha value is -2.31. The molecule has 2 amide bonds. The lowest BCUT2D eigenvalue weighted by Crippen LogP contribution is -2.63. The van der Waals surface area contributed by atoms with Crippen molar-refractivity contribution in [1.29, 1.82) is 0 Å². The van der Waals surface area contributed by atoms with Gasteiger partial charge in [0.05, 0.1) is 24.2 Å². The van der Waals surface area contributed by atoms with Gasteiger partial charge >= 0.3 is 18.0 Å². The molecule has 0 aliphatic carbocycles. The van der Waals surface area contributed by atoms with Gasteiger partial charge in [-0.3, -0.25) is 9.59 Å². The summed E-state index contributed by atoms with van der Waals surface area (Å²) in [6.07, 6.45) is -2.43. The quantitative estimate of drug-likeness (QED) is 0.261. The second-order valence-electron chi connectivity index (χ2n) is 8.09. The first-order valence-corrected chi connectivity index (χ1v) is 11.3. The highest BCUT2D eigenvalue weighted by molar-refractivity contribution is 8.03. The number of β-lactam (4-membered cyclic amide) rings is 1. The van der Waals surface area contributed by atoms with Crippen LogP contribution in [-0.2, 0) is 28.6 Å². The van der Waals surface area contributed by atoms with Crippen LogP contribution in [0.1, 0.15) is 34.1 Å². The maximum atomic E-state index is 12.5. The van der Waals surface area contributed by atoms with Crippen LogP contribution in [0.5, 0.6) is 0 Å². The number of thioether (sulfide) groups is 1. The lowest BCUT2D eigenvalue weighted by Gasteiger charge is -2.46. The molecule has 12 heteroatoms. The molecule has 0 aromatic carbocycles. The van der Waals surface area contributed by atoms with E-state index in [1.807, 2.05) is 6.92 Å². The van der Waals surface area contributed by atoms with Crippen LogP contribution < -0.4 is 5.32 Å². The number of aliphatic hydroxyl groups excluding tert-OH is 1. The van der Waals surface area contributed by atoms with Crippen LogP contribution in [0.25, 0.3) is 0 Å². The van der Waals surface area contributed by atoms with Crippen molar-refractivity contribution in [1.82, 2.24) is 10.2 Å². The molecule has 2 unspecified atom stereocenters. The normalized spacial score (nSPS) is 31.0. The van der Waals surface area contributed by atoms with E-state index < -0.39 is 42.4 Å². The van der Waals surface area contributed by atoms with Crippen LogP contribution in [0.15, 0.2) is 10.6 Å². The van der Waals surface area contributed by atoms with Gasteiger partial charge in [-0.05, 0) is 13.3 Å². The molecule has 3 rings (SSSR count). The van der Waals surface area contributed by atoms with E-state index in [0.717, 1.165) is 0 Å². The second-order valence-corrected chi connectivity index (χ2v) is 9.37. The number of nitrogens with zero attached hydrogens (tertiary/aromatic N) is 1. The first-order valence-electron chi connectivity index (χ1n) is 10.4. The molecule has 3 N–H and O–H groups in total. The molecule has 7 atom stereocenters. The number of carboxylic acid groups (broad SMARTS) is 1. The summed E-state index contributed by atoms with van der Waals surface area (Å²) in [6, 6.07) is -0.382. The van der Waals surface area contributed by atoms with E-state index in [0.29, 0.717) is 17.9 Å². The zero-order valence-corrected chi connectivity index (χ0v) is 19.1. The van der Waals surface area contributed by atoms with Gasteiger partial charge in [-0.2, -0.15) is 0 Å². The Morgan fingerprint density at radius 2 is 2.00 bits per heavy atom. The SMILES string of the molecule is CC(=O)OC(C)OC(=O)NC[C@H]1OCC[C@H]1SC1=C(C(=O)O)N2C(=O)[C@H]([C@@H](C)O)C2[C@H]1C. The molecule has 11 nitrogen and oxygen atoms in total. The number of hydrogen-bond donors (Lipinski definition) is 3. The topological polar surface area (TPSA) is 152 Å². The molecule has 0 radical (unpaired) electrons. The third-order valence-electron chi connectivity index (χ3n) is 5.79. The fraction of sp³-hybridized carbons (Fsp3) is 0.700. The highest BCUT2D eigenvalue weighted by Gasteiger charge is 2.60. The minimum absolute atomic E-state index is 0.0392. The minimum Gasteiger partial charge on any atom is -0.477 e.